The molecule has 2 aromatic rings. The monoisotopic (exact) mass is 271 g/mol. The van der Waals surface area contributed by atoms with Gasteiger partial charge in [-0.05, 0) is 0 Å². The molecule has 0 radical (unpaired) electrons. The fourth-order valence-corrected chi connectivity index (χ4v) is 2.71. The molecule has 0 aromatic carbocycles. The Bertz CT molecular complexity index is 579. The molecule has 9 heteroatoms. The molecule has 2 rings (SSSR count). The Balaban J connectivity index is 2.25. The third-order valence-electron chi connectivity index (χ3n) is 1.82. The number of nitrogens with zero attached hydrogens (tertiary/aromatic N) is 3. The van der Waals surface area contributed by atoms with E-state index in [1.165, 1.54) is 29.9 Å². The summed E-state index contributed by atoms with van der Waals surface area (Å²) in [6, 6.07) is 0. The molecule has 2 N–H and O–H groups in total. The quantitative estimate of drug-likeness (QED) is 0.852. The minimum Gasteiger partial charge on any atom is -0.357 e. The van der Waals surface area contributed by atoms with Gasteiger partial charge in [0.15, 0.2) is 5.13 Å². The average molecular weight is 271 g/mol. The summed E-state index contributed by atoms with van der Waals surface area (Å²) in [7, 11) is -2.01. The molecule has 0 bridgehead atoms. The van der Waals surface area contributed by atoms with Crippen LogP contribution in [-0.4, -0.2) is 30.4 Å². The topological polar surface area (TPSA) is 96.9 Å². The zero-order chi connectivity index (χ0) is 12.3. The summed E-state index contributed by atoms with van der Waals surface area (Å²) in [5, 5.41) is 4.69. The van der Waals surface area contributed by atoms with Gasteiger partial charge in [0.05, 0.1) is 12.4 Å². The molecule has 0 amide bonds. The van der Waals surface area contributed by atoms with Crippen molar-refractivity contribution in [3.05, 3.63) is 24.0 Å². The van der Waals surface area contributed by atoms with Crippen molar-refractivity contribution in [2.75, 3.05) is 17.1 Å². The van der Waals surface area contributed by atoms with E-state index in [0.29, 0.717) is 11.1 Å². The highest BCUT2D eigenvalue weighted by Crippen LogP contribution is 2.16. The van der Waals surface area contributed by atoms with Crippen molar-refractivity contribution >= 4 is 32.4 Å². The van der Waals surface area contributed by atoms with E-state index in [1.807, 2.05) is 0 Å². The predicted molar refractivity (Wildman–Crippen MR) is 64.5 cm³/mol. The van der Waals surface area contributed by atoms with Crippen LogP contribution in [0.15, 0.2) is 28.9 Å². The molecule has 0 spiro atoms. The second kappa shape index (κ2) is 4.63. The molecule has 0 aliphatic heterocycles. The molecule has 7 nitrogen and oxygen atoms in total. The molecule has 90 valence electrons. The van der Waals surface area contributed by atoms with Gasteiger partial charge in [-0.2, -0.15) is 0 Å². The molecule has 0 saturated heterocycles. The van der Waals surface area contributed by atoms with Crippen LogP contribution in [0, 0.1) is 0 Å². The van der Waals surface area contributed by atoms with Crippen molar-refractivity contribution < 1.29 is 8.42 Å². The molecule has 17 heavy (non-hydrogen) atoms. The number of rotatable bonds is 4. The number of hydrogen-bond acceptors (Lipinski definition) is 7. The smallest absolute Gasteiger partial charge is 0.266 e. The van der Waals surface area contributed by atoms with Crippen molar-refractivity contribution in [3.63, 3.8) is 0 Å². The SMILES string of the molecule is CNc1ncc(S(=O)(=O)Nc2nccs2)cn1. The number of aromatic nitrogens is 3. The van der Waals surface area contributed by atoms with Crippen LogP contribution in [0.5, 0.6) is 0 Å². The summed E-state index contributed by atoms with van der Waals surface area (Å²) in [6.07, 6.45) is 3.98. The van der Waals surface area contributed by atoms with Crippen LogP contribution in [0.25, 0.3) is 0 Å². The van der Waals surface area contributed by atoms with Crippen molar-refractivity contribution in [2.45, 2.75) is 4.90 Å². The molecule has 2 heterocycles. The first-order valence-corrected chi connectivity index (χ1v) is 6.90. The highest BCUT2D eigenvalue weighted by Gasteiger charge is 2.16. The van der Waals surface area contributed by atoms with Gasteiger partial charge < -0.3 is 5.32 Å². The van der Waals surface area contributed by atoms with Crippen molar-refractivity contribution in [1.82, 2.24) is 15.0 Å². The van der Waals surface area contributed by atoms with Gasteiger partial charge in [-0.3, -0.25) is 4.72 Å². The fraction of sp³-hybridized carbons (Fsp3) is 0.125. The molecule has 0 saturated carbocycles. The first-order chi connectivity index (χ1) is 8.12. The number of hydrogen-bond donors (Lipinski definition) is 2. The van der Waals surface area contributed by atoms with Crippen LogP contribution in [-0.2, 0) is 10.0 Å². The van der Waals surface area contributed by atoms with Gasteiger partial charge in [-0.15, -0.1) is 11.3 Å². The maximum atomic E-state index is 11.9. The summed E-state index contributed by atoms with van der Waals surface area (Å²) in [4.78, 5) is 11.5. The first kappa shape index (κ1) is 11.7. The Morgan fingerprint density at radius 3 is 2.47 bits per heavy atom. The van der Waals surface area contributed by atoms with E-state index in [-0.39, 0.29) is 4.90 Å². The van der Waals surface area contributed by atoms with Crippen molar-refractivity contribution in [3.8, 4) is 0 Å². The lowest BCUT2D eigenvalue weighted by molar-refractivity contribution is 0.600. The van der Waals surface area contributed by atoms with Crippen molar-refractivity contribution in [2.24, 2.45) is 0 Å². The molecule has 0 unspecified atom stereocenters. The average Bonchev–Trinajstić information content (AvgIpc) is 2.81. The number of thiazole rings is 1. The number of nitrogens with one attached hydrogen (secondary N) is 2. The Hall–Kier alpha value is -1.74. The van der Waals surface area contributed by atoms with Crippen LogP contribution >= 0.6 is 11.3 Å². The van der Waals surface area contributed by atoms with E-state index in [0.717, 1.165) is 0 Å². The second-order valence-electron chi connectivity index (χ2n) is 2.94. The van der Waals surface area contributed by atoms with E-state index in [1.54, 1.807) is 12.4 Å². The van der Waals surface area contributed by atoms with Gasteiger partial charge >= 0.3 is 0 Å². The van der Waals surface area contributed by atoms with E-state index in [4.69, 9.17) is 0 Å². The second-order valence-corrected chi connectivity index (χ2v) is 5.51. The lowest BCUT2D eigenvalue weighted by atomic mass is 10.7. The highest BCUT2D eigenvalue weighted by atomic mass is 32.2. The van der Waals surface area contributed by atoms with E-state index in [2.05, 4.69) is 25.0 Å². The summed E-state index contributed by atoms with van der Waals surface area (Å²) >= 11 is 1.20. The maximum absolute atomic E-state index is 11.9. The summed E-state index contributed by atoms with van der Waals surface area (Å²) in [5.74, 6) is 0.359. The standard InChI is InChI=1S/C8H9N5O2S2/c1-9-7-11-4-6(5-12-7)17(14,15)13-8-10-2-3-16-8/h2-5H,1H3,(H,10,13)(H,9,11,12). The van der Waals surface area contributed by atoms with Gasteiger partial charge in [-0.1, -0.05) is 0 Å². The van der Waals surface area contributed by atoms with Gasteiger partial charge in [0.2, 0.25) is 5.95 Å². The lowest BCUT2D eigenvalue weighted by Crippen LogP contribution is -2.13. The molecule has 0 aliphatic rings. The Morgan fingerprint density at radius 2 is 1.94 bits per heavy atom. The van der Waals surface area contributed by atoms with Gasteiger partial charge in [0.1, 0.15) is 4.90 Å². The summed E-state index contributed by atoms with van der Waals surface area (Å²) in [5.41, 5.74) is 0. The van der Waals surface area contributed by atoms with Crippen LogP contribution in [0.4, 0.5) is 11.1 Å². The predicted octanol–water partition coefficient (Wildman–Crippen LogP) is 0.776. The molecule has 0 aliphatic carbocycles. The highest BCUT2D eigenvalue weighted by molar-refractivity contribution is 7.93. The molecule has 2 aromatic heterocycles. The Kier molecular flexibility index (Phi) is 3.20. The third-order valence-corrected chi connectivity index (χ3v) is 3.93. The molecule has 0 fully saturated rings. The van der Waals surface area contributed by atoms with E-state index in [9.17, 15) is 8.42 Å². The zero-order valence-corrected chi connectivity index (χ0v) is 10.4. The summed E-state index contributed by atoms with van der Waals surface area (Å²) < 4.78 is 26.0. The van der Waals surface area contributed by atoms with E-state index < -0.39 is 10.0 Å². The fourth-order valence-electron chi connectivity index (χ4n) is 1.03. The van der Waals surface area contributed by atoms with Crippen LogP contribution in [0.3, 0.4) is 0 Å². The minimum atomic E-state index is -3.66. The minimum absolute atomic E-state index is 0.00769. The lowest BCUT2D eigenvalue weighted by Gasteiger charge is -2.04. The molecular weight excluding hydrogens is 262 g/mol. The third kappa shape index (κ3) is 2.68. The van der Waals surface area contributed by atoms with Crippen LogP contribution < -0.4 is 10.0 Å². The Morgan fingerprint density at radius 1 is 1.24 bits per heavy atom. The van der Waals surface area contributed by atoms with E-state index >= 15 is 0 Å². The van der Waals surface area contributed by atoms with Crippen LogP contribution in [0.1, 0.15) is 0 Å². The number of sulfonamides is 1. The largest absolute Gasteiger partial charge is 0.357 e. The van der Waals surface area contributed by atoms with Gasteiger partial charge in [-0.25, -0.2) is 23.4 Å². The Labute approximate surface area is 102 Å². The van der Waals surface area contributed by atoms with Gasteiger partial charge in [0, 0.05) is 18.6 Å². The molecule has 0 atom stereocenters. The van der Waals surface area contributed by atoms with Gasteiger partial charge in [0.25, 0.3) is 10.0 Å². The normalized spacial score (nSPS) is 11.1. The summed E-state index contributed by atoms with van der Waals surface area (Å²) in [6.45, 7) is 0. The zero-order valence-electron chi connectivity index (χ0n) is 8.78. The van der Waals surface area contributed by atoms with Crippen LogP contribution in [0.2, 0.25) is 0 Å². The molecular formula is C8H9N5O2S2. The first-order valence-electron chi connectivity index (χ1n) is 4.54. The number of anilines is 2. The maximum Gasteiger partial charge on any atom is 0.266 e. The van der Waals surface area contributed by atoms with Crippen molar-refractivity contribution in [1.29, 1.82) is 0 Å².